The normalized spacial score (nSPS) is 14.6. The molecule has 0 unspecified atom stereocenters. The number of aliphatic hydroxyl groups is 2. The number of amides is 1. The van der Waals surface area contributed by atoms with Crippen LogP contribution in [0.1, 0.15) is 23.9 Å². The zero-order chi connectivity index (χ0) is 22.2. The van der Waals surface area contributed by atoms with E-state index in [1.807, 2.05) is 36.1 Å². The Bertz CT molecular complexity index is 874. The monoisotopic (exact) mass is 447 g/mol. The average molecular weight is 448 g/mol. The van der Waals surface area contributed by atoms with Crippen LogP contribution in [0, 0.1) is 0 Å². The molecule has 2 aromatic rings. The van der Waals surface area contributed by atoms with Gasteiger partial charge in [-0.2, -0.15) is 0 Å². The number of carbonyl (C=O) groups excluding carboxylic acids is 1. The summed E-state index contributed by atoms with van der Waals surface area (Å²) in [6.07, 6.45) is 0.662. The van der Waals surface area contributed by atoms with Crippen LogP contribution in [0.3, 0.4) is 0 Å². The number of hydrogen-bond acceptors (Lipinski definition) is 7. The van der Waals surface area contributed by atoms with Gasteiger partial charge in [-0.3, -0.25) is 9.69 Å². The van der Waals surface area contributed by atoms with Crippen LogP contribution in [0.2, 0.25) is 5.15 Å². The summed E-state index contributed by atoms with van der Waals surface area (Å²) in [7, 11) is 0. The molecule has 0 bridgehead atoms. The van der Waals surface area contributed by atoms with E-state index < -0.39 is 0 Å². The first-order chi connectivity index (χ1) is 15.0. The third-order valence-electron chi connectivity index (χ3n) is 5.48. The molecule has 8 nitrogen and oxygen atoms in total. The molecule has 0 atom stereocenters. The summed E-state index contributed by atoms with van der Waals surface area (Å²) in [5, 5.41) is 18.9. The number of carbonyl (C=O) groups is 1. The molecule has 3 rings (SSSR count). The first-order valence-electron chi connectivity index (χ1n) is 10.6. The molecule has 3 heterocycles. The van der Waals surface area contributed by atoms with Crippen molar-refractivity contribution >= 4 is 23.3 Å². The van der Waals surface area contributed by atoms with Crippen molar-refractivity contribution in [2.45, 2.75) is 26.6 Å². The molecule has 1 amide bonds. The van der Waals surface area contributed by atoms with Gasteiger partial charge < -0.3 is 20.0 Å². The standard InChI is InChI=1S/C22H30ClN5O3/c1-2-27(7-6-17-12-19(16-30)24-20(23)13-17)22(31)14-26-8-10-28(11-9-26)21-5-3-4-18(15-29)25-21/h3-5,12-13,29-30H,2,6-11,14-16H2,1H3. The molecule has 0 radical (unpaired) electrons. The zero-order valence-electron chi connectivity index (χ0n) is 17.9. The minimum atomic E-state index is -0.157. The molecule has 1 aliphatic rings. The Labute approximate surface area is 188 Å². The largest absolute Gasteiger partial charge is 0.390 e. The van der Waals surface area contributed by atoms with Gasteiger partial charge in [0, 0.05) is 39.3 Å². The van der Waals surface area contributed by atoms with Crippen molar-refractivity contribution < 1.29 is 15.0 Å². The second-order valence-corrected chi connectivity index (χ2v) is 7.97. The minimum absolute atomic E-state index is 0.0673. The molecule has 1 fully saturated rings. The van der Waals surface area contributed by atoms with E-state index in [0.717, 1.165) is 37.6 Å². The van der Waals surface area contributed by atoms with Crippen molar-refractivity contribution in [2.75, 3.05) is 50.7 Å². The van der Waals surface area contributed by atoms with E-state index in [9.17, 15) is 15.0 Å². The first kappa shape index (κ1) is 23.4. The highest BCUT2D eigenvalue weighted by Crippen LogP contribution is 2.15. The van der Waals surface area contributed by atoms with E-state index in [2.05, 4.69) is 19.8 Å². The van der Waals surface area contributed by atoms with Gasteiger partial charge in [-0.05, 0) is 43.2 Å². The van der Waals surface area contributed by atoms with Crippen LogP contribution in [0.15, 0.2) is 30.3 Å². The highest BCUT2D eigenvalue weighted by atomic mass is 35.5. The van der Waals surface area contributed by atoms with E-state index in [0.29, 0.717) is 42.6 Å². The number of piperazine rings is 1. The van der Waals surface area contributed by atoms with E-state index in [4.69, 9.17) is 11.6 Å². The van der Waals surface area contributed by atoms with Crippen molar-refractivity contribution in [1.29, 1.82) is 0 Å². The lowest BCUT2D eigenvalue weighted by molar-refractivity contribution is -0.132. The Morgan fingerprint density at radius 3 is 2.52 bits per heavy atom. The maximum Gasteiger partial charge on any atom is 0.236 e. The maximum absolute atomic E-state index is 12.8. The molecule has 0 spiro atoms. The molecule has 2 N–H and O–H groups in total. The summed E-state index contributed by atoms with van der Waals surface area (Å²) in [4.78, 5) is 27.6. The second kappa shape index (κ2) is 11.4. The summed E-state index contributed by atoms with van der Waals surface area (Å²) < 4.78 is 0. The number of aromatic nitrogens is 2. The molecule has 168 valence electrons. The summed E-state index contributed by atoms with van der Waals surface area (Å²) in [5.74, 6) is 0.977. The molecular weight excluding hydrogens is 418 g/mol. The average Bonchev–Trinajstić information content (AvgIpc) is 2.79. The SMILES string of the molecule is CCN(CCc1cc(Cl)nc(CO)c1)C(=O)CN1CCN(c2cccc(CO)n2)CC1. The van der Waals surface area contributed by atoms with Crippen LogP contribution >= 0.6 is 11.6 Å². The van der Waals surface area contributed by atoms with Gasteiger partial charge >= 0.3 is 0 Å². The van der Waals surface area contributed by atoms with Crippen molar-refractivity contribution in [1.82, 2.24) is 19.8 Å². The summed E-state index contributed by atoms with van der Waals surface area (Å²) in [5.41, 5.74) is 2.16. The van der Waals surface area contributed by atoms with Crippen LogP contribution in [0.25, 0.3) is 0 Å². The van der Waals surface area contributed by atoms with Gasteiger partial charge in [0.05, 0.1) is 31.1 Å². The van der Waals surface area contributed by atoms with Gasteiger partial charge in [0.15, 0.2) is 0 Å². The highest BCUT2D eigenvalue weighted by Gasteiger charge is 2.22. The number of nitrogens with zero attached hydrogens (tertiary/aromatic N) is 5. The summed E-state index contributed by atoms with van der Waals surface area (Å²) in [6, 6.07) is 9.26. The molecule has 0 aliphatic carbocycles. The number of hydrogen-bond donors (Lipinski definition) is 2. The molecular formula is C22H30ClN5O3. The van der Waals surface area contributed by atoms with E-state index >= 15 is 0 Å². The summed E-state index contributed by atoms with van der Waals surface area (Å²) >= 11 is 6.01. The molecule has 31 heavy (non-hydrogen) atoms. The van der Waals surface area contributed by atoms with E-state index in [1.54, 1.807) is 6.07 Å². The number of pyridine rings is 2. The number of likely N-dealkylation sites (N-methyl/N-ethyl adjacent to an activating group) is 1. The van der Waals surface area contributed by atoms with Gasteiger partial charge in [-0.1, -0.05) is 17.7 Å². The van der Waals surface area contributed by atoms with Gasteiger partial charge in [-0.15, -0.1) is 0 Å². The molecule has 1 aliphatic heterocycles. The fraction of sp³-hybridized carbons (Fsp3) is 0.500. The number of rotatable bonds is 9. The van der Waals surface area contributed by atoms with Crippen LogP contribution in [-0.2, 0) is 24.4 Å². The Morgan fingerprint density at radius 2 is 1.84 bits per heavy atom. The third kappa shape index (κ3) is 6.61. The predicted molar refractivity (Wildman–Crippen MR) is 120 cm³/mol. The summed E-state index contributed by atoms with van der Waals surface area (Å²) in [6.45, 7) is 6.54. The Balaban J connectivity index is 1.49. The highest BCUT2D eigenvalue weighted by molar-refractivity contribution is 6.29. The van der Waals surface area contributed by atoms with E-state index in [1.165, 1.54) is 0 Å². The van der Waals surface area contributed by atoms with Crippen LogP contribution < -0.4 is 4.90 Å². The van der Waals surface area contributed by atoms with Crippen molar-refractivity contribution in [3.05, 3.63) is 52.4 Å². The minimum Gasteiger partial charge on any atom is -0.390 e. The topological polar surface area (TPSA) is 93.0 Å². The van der Waals surface area contributed by atoms with Gasteiger partial charge in [0.2, 0.25) is 5.91 Å². The van der Waals surface area contributed by atoms with Gasteiger partial charge in [-0.25, -0.2) is 9.97 Å². The van der Waals surface area contributed by atoms with Crippen molar-refractivity contribution in [3.8, 4) is 0 Å². The number of anilines is 1. The lowest BCUT2D eigenvalue weighted by Crippen LogP contribution is -2.50. The smallest absolute Gasteiger partial charge is 0.236 e. The van der Waals surface area contributed by atoms with Crippen molar-refractivity contribution in [2.24, 2.45) is 0 Å². The second-order valence-electron chi connectivity index (χ2n) is 7.58. The lowest BCUT2D eigenvalue weighted by atomic mass is 10.1. The zero-order valence-corrected chi connectivity index (χ0v) is 18.6. The fourth-order valence-corrected chi connectivity index (χ4v) is 3.97. The molecule has 1 saturated heterocycles. The molecule has 0 saturated carbocycles. The molecule has 0 aromatic carbocycles. The molecule has 2 aromatic heterocycles. The third-order valence-corrected chi connectivity index (χ3v) is 5.68. The molecule has 9 heteroatoms. The quantitative estimate of drug-likeness (QED) is 0.560. The number of halogens is 1. The maximum atomic E-state index is 12.8. The van der Waals surface area contributed by atoms with Crippen molar-refractivity contribution in [3.63, 3.8) is 0 Å². The van der Waals surface area contributed by atoms with Gasteiger partial charge in [0.1, 0.15) is 11.0 Å². The van der Waals surface area contributed by atoms with Crippen LogP contribution in [0.4, 0.5) is 5.82 Å². The Morgan fingerprint density at radius 1 is 1.10 bits per heavy atom. The lowest BCUT2D eigenvalue weighted by Gasteiger charge is -2.36. The Hall–Kier alpha value is -2.26. The van der Waals surface area contributed by atoms with Crippen LogP contribution in [0.5, 0.6) is 0 Å². The first-order valence-corrected chi connectivity index (χ1v) is 11.0. The predicted octanol–water partition coefficient (Wildman–Crippen LogP) is 1.33. The van der Waals surface area contributed by atoms with E-state index in [-0.39, 0.29) is 19.1 Å². The van der Waals surface area contributed by atoms with Crippen LogP contribution in [-0.4, -0.2) is 81.7 Å². The van der Waals surface area contributed by atoms with Gasteiger partial charge in [0.25, 0.3) is 0 Å². The Kier molecular flexibility index (Phi) is 8.60. The fourth-order valence-electron chi connectivity index (χ4n) is 3.72. The number of aliphatic hydroxyl groups excluding tert-OH is 2.